The first kappa shape index (κ1) is 14.0. The molecule has 0 aliphatic carbocycles. The van der Waals surface area contributed by atoms with Crippen molar-refractivity contribution in [1.29, 1.82) is 0 Å². The monoisotopic (exact) mass is 295 g/mol. The highest BCUT2D eigenvalue weighted by Gasteiger charge is 2.15. The van der Waals surface area contributed by atoms with E-state index in [4.69, 9.17) is 5.11 Å². The predicted octanol–water partition coefficient (Wildman–Crippen LogP) is 2.66. The fourth-order valence-electron chi connectivity index (χ4n) is 1.29. The summed E-state index contributed by atoms with van der Waals surface area (Å²) in [5.41, 5.74) is 1.20. The van der Waals surface area contributed by atoms with Crippen molar-refractivity contribution >= 4 is 29.5 Å². The van der Waals surface area contributed by atoms with E-state index in [1.165, 1.54) is 17.3 Å². The van der Waals surface area contributed by atoms with Crippen LogP contribution in [0.3, 0.4) is 0 Å². The van der Waals surface area contributed by atoms with E-state index in [2.05, 4.69) is 15.2 Å². The lowest BCUT2D eigenvalue weighted by Gasteiger charge is -2.00. The van der Waals surface area contributed by atoms with Crippen LogP contribution in [0.5, 0.6) is 0 Å². The molecule has 2 rings (SSSR count). The van der Waals surface area contributed by atoms with Gasteiger partial charge in [0, 0.05) is 5.75 Å². The third-order valence-electron chi connectivity index (χ3n) is 2.29. The largest absolute Gasteiger partial charge is 0.480 e. The lowest BCUT2D eigenvalue weighted by Crippen LogP contribution is -2.11. The van der Waals surface area contributed by atoms with Crippen molar-refractivity contribution in [3.63, 3.8) is 0 Å². The Morgan fingerprint density at radius 3 is 2.84 bits per heavy atom. The number of carboxylic acid groups (broad SMARTS) is 1. The molecule has 0 radical (unpaired) electrons. The average Bonchev–Trinajstić information content (AvgIpc) is 2.85. The molecule has 0 fully saturated rings. The van der Waals surface area contributed by atoms with Crippen LogP contribution in [0, 0.1) is 0 Å². The van der Waals surface area contributed by atoms with Crippen LogP contribution in [-0.4, -0.2) is 31.5 Å². The van der Waals surface area contributed by atoms with Gasteiger partial charge in [0.2, 0.25) is 5.16 Å². The maximum absolute atomic E-state index is 10.7. The molecule has 0 amide bonds. The summed E-state index contributed by atoms with van der Waals surface area (Å²) < 4.78 is 0. The number of hydrogen-bond donors (Lipinski definition) is 2. The Bertz CT molecular complexity index is 545. The highest BCUT2D eigenvalue weighted by Crippen LogP contribution is 2.24. The first-order valence-corrected chi connectivity index (χ1v) is 7.50. The van der Waals surface area contributed by atoms with Crippen LogP contribution in [0.1, 0.15) is 12.5 Å². The Kier molecular flexibility index (Phi) is 4.86. The number of rotatable bonds is 6. The number of nitrogens with one attached hydrogen (secondary N) is 1. The van der Waals surface area contributed by atoms with Crippen LogP contribution < -0.4 is 0 Å². The molecular weight excluding hydrogens is 282 g/mol. The molecule has 2 N–H and O–H groups in total. The molecule has 2 aromatic rings. The van der Waals surface area contributed by atoms with Crippen molar-refractivity contribution in [2.24, 2.45) is 0 Å². The van der Waals surface area contributed by atoms with Gasteiger partial charge in [0.05, 0.1) is 0 Å². The number of nitrogens with zero attached hydrogens (tertiary/aromatic N) is 2. The van der Waals surface area contributed by atoms with Gasteiger partial charge in [-0.05, 0) is 12.5 Å². The van der Waals surface area contributed by atoms with Crippen molar-refractivity contribution in [2.75, 3.05) is 0 Å². The molecule has 7 heteroatoms. The quantitative estimate of drug-likeness (QED) is 0.798. The second kappa shape index (κ2) is 6.63. The molecule has 1 aromatic heterocycles. The van der Waals surface area contributed by atoms with E-state index in [1.54, 1.807) is 6.92 Å². The van der Waals surface area contributed by atoms with Gasteiger partial charge in [0.1, 0.15) is 5.25 Å². The Balaban J connectivity index is 1.89. The number of benzene rings is 1. The molecule has 1 aromatic carbocycles. The molecule has 0 saturated carbocycles. The van der Waals surface area contributed by atoms with Crippen molar-refractivity contribution in [2.45, 2.75) is 28.2 Å². The second-order valence-corrected chi connectivity index (χ2v) is 6.07. The molecule has 1 unspecified atom stereocenters. The number of hydrogen-bond acceptors (Lipinski definition) is 5. The van der Waals surface area contributed by atoms with Crippen molar-refractivity contribution in [3.05, 3.63) is 35.9 Å². The molecule has 5 nitrogen and oxygen atoms in total. The van der Waals surface area contributed by atoms with Gasteiger partial charge in [-0.1, -0.05) is 53.9 Å². The zero-order chi connectivity index (χ0) is 13.7. The van der Waals surface area contributed by atoms with Crippen LogP contribution in [0.4, 0.5) is 0 Å². The van der Waals surface area contributed by atoms with Crippen LogP contribution in [0.25, 0.3) is 0 Å². The number of carbonyl (C=O) groups is 1. The second-order valence-electron chi connectivity index (χ2n) is 3.80. The summed E-state index contributed by atoms with van der Waals surface area (Å²) in [5.74, 6) is -0.0722. The predicted molar refractivity (Wildman–Crippen MR) is 75.3 cm³/mol. The van der Waals surface area contributed by atoms with E-state index < -0.39 is 11.2 Å². The summed E-state index contributed by atoms with van der Waals surface area (Å²) in [7, 11) is 0. The van der Waals surface area contributed by atoms with E-state index in [0.717, 1.165) is 17.5 Å². The topological polar surface area (TPSA) is 78.9 Å². The number of carboxylic acids is 1. The van der Waals surface area contributed by atoms with Gasteiger partial charge in [0.15, 0.2) is 5.16 Å². The molecule has 0 aliphatic heterocycles. The van der Waals surface area contributed by atoms with Gasteiger partial charge in [-0.15, -0.1) is 5.10 Å². The van der Waals surface area contributed by atoms with Gasteiger partial charge < -0.3 is 5.11 Å². The Morgan fingerprint density at radius 1 is 1.42 bits per heavy atom. The normalized spacial score (nSPS) is 12.3. The van der Waals surface area contributed by atoms with Gasteiger partial charge in [-0.2, -0.15) is 4.98 Å². The molecule has 100 valence electrons. The average molecular weight is 295 g/mol. The fourth-order valence-corrected chi connectivity index (χ4v) is 2.77. The minimum absolute atomic E-state index is 0.533. The molecule has 0 saturated heterocycles. The van der Waals surface area contributed by atoms with Crippen LogP contribution >= 0.6 is 23.5 Å². The molecule has 0 aliphatic rings. The minimum Gasteiger partial charge on any atom is -0.480 e. The lowest BCUT2D eigenvalue weighted by atomic mass is 10.2. The summed E-state index contributed by atoms with van der Waals surface area (Å²) in [6.45, 7) is 1.62. The SMILES string of the molecule is CC(Sc1nc(SCc2ccccc2)n[nH]1)C(=O)O. The van der Waals surface area contributed by atoms with Crippen LogP contribution in [-0.2, 0) is 10.5 Å². The molecule has 19 heavy (non-hydrogen) atoms. The number of aliphatic carboxylic acids is 1. The molecule has 1 atom stereocenters. The van der Waals surface area contributed by atoms with Gasteiger partial charge in [-0.25, -0.2) is 0 Å². The van der Waals surface area contributed by atoms with Gasteiger partial charge >= 0.3 is 5.97 Å². The van der Waals surface area contributed by atoms with Crippen molar-refractivity contribution in [1.82, 2.24) is 15.2 Å². The number of thioether (sulfide) groups is 2. The Labute approximate surface area is 119 Å². The molecule has 1 heterocycles. The summed E-state index contributed by atoms with van der Waals surface area (Å²) in [6.07, 6.45) is 0. The highest BCUT2D eigenvalue weighted by molar-refractivity contribution is 8.00. The highest BCUT2D eigenvalue weighted by atomic mass is 32.2. The van der Waals surface area contributed by atoms with Crippen LogP contribution in [0.2, 0.25) is 0 Å². The fraction of sp³-hybridized carbons (Fsp3) is 0.250. The molecule has 0 bridgehead atoms. The summed E-state index contributed by atoms with van der Waals surface area (Å²) in [6, 6.07) is 10.0. The zero-order valence-electron chi connectivity index (χ0n) is 10.2. The first-order chi connectivity index (χ1) is 9.15. The maximum Gasteiger partial charge on any atom is 0.316 e. The van der Waals surface area contributed by atoms with Crippen molar-refractivity contribution in [3.8, 4) is 0 Å². The third kappa shape index (κ3) is 4.29. The lowest BCUT2D eigenvalue weighted by molar-refractivity contribution is -0.136. The molecule has 0 spiro atoms. The summed E-state index contributed by atoms with van der Waals surface area (Å²) >= 11 is 2.67. The van der Waals surface area contributed by atoms with E-state index in [1.807, 2.05) is 30.3 Å². The summed E-state index contributed by atoms with van der Waals surface area (Å²) in [4.78, 5) is 15.0. The van der Waals surface area contributed by atoms with E-state index in [-0.39, 0.29) is 0 Å². The standard InChI is InChI=1S/C12H13N3O2S2/c1-8(10(16)17)19-12-13-11(14-15-12)18-7-9-5-3-2-4-6-9/h2-6,8H,7H2,1H3,(H,16,17)(H,13,14,15). The van der Waals surface area contributed by atoms with Crippen molar-refractivity contribution < 1.29 is 9.90 Å². The minimum atomic E-state index is -0.861. The first-order valence-electron chi connectivity index (χ1n) is 5.64. The molecular formula is C12H13N3O2S2. The third-order valence-corrected chi connectivity index (χ3v) is 4.17. The number of H-pyrrole nitrogens is 1. The van der Waals surface area contributed by atoms with E-state index in [0.29, 0.717) is 10.3 Å². The zero-order valence-corrected chi connectivity index (χ0v) is 11.9. The van der Waals surface area contributed by atoms with E-state index in [9.17, 15) is 4.79 Å². The summed E-state index contributed by atoms with van der Waals surface area (Å²) in [5, 5.41) is 16.2. The van der Waals surface area contributed by atoms with Crippen LogP contribution in [0.15, 0.2) is 40.6 Å². The van der Waals surface area contributed by atoms with E-state index >= 15 is 0 Å². The maximum atomic E-state index is 10.7. The Hall–Kier alpha value is -1.47. The van der Waals surface area contributed by atoms with Gasteiger partial charge in [-0.3, -0.25) is 9.89 Å². The Morgan fingerprint density at radius 2 is 2.16 bits per heavy atom. The van der Waals surface area contributed by atoms with Gasteiger partial charge in [0.25, 0.3) is 0 Å². The number of aromatic nitrogens is 3. The number of aromatic amines is 1. The smallest absolute Gasteiger partial charge is 0.316 e.